The van der Waals surface area contributed by atoms with E-state index in [4.69, 9.17) is 0 Å². The van der Waals surface area contributed by atoms with E-state index in [1.165, 1.54) is 18.3 Å². The van der Waals surface area contributed by atoms with Crippen molar-refractivity contribution in [2.75, 3.05) is 19.6 Å². The number of nitrogens with one attached hydrogen (secondary N) is 3. The normalized spacial score (nSPS) is 19.6. The van der Waals surface area contributed by atoms with Crippen LogP contribution in [0.1, 0.15) is 16.8 Å². The van der Waals surface area contributed by atoms with E-state index < -0.39 is 0 Å². The summed E-state index contributed by atoms with van der Waals surface area (Å²) in [4.78, 5) is 25.0. The number of aromatic nitrogens is 1. The lowest BCUT2D eigenvalue weighted by Gasteiger charge is -2.09. The molecule has 0 radical (unpaired) electrons. The Morgan fingerprint density at radius 3 is 3.00 bits per heavy atom. The minimum absolute atomic E-state index is 0.136. The average Bonchev–Trinajstić information content (AvgIpc) is 2.80. The topological polar surface area (TPSA) is 74.0 Å². The fourth-order valence-electron chi connectivity index (χ4n) is 1.78. The minimum atomic E-state index is -0.198. The molecule has 1 aromatic rings. The quantitative estimate of drug-likeness (QED) is 0.657. The highest BCUT2D eigenvalue weighted by atomic mass is 16.1. The van der Waals surface area contributed by atoms with Gasteiger partial charge in [0, 0.05) is 18.8 Å². The SMILES string of the molecule is O=C(NCC1CCNC1)c1ccc(=O)[nH]c1. The molecule has 0 spiro atoms. The van der Waals surface area contributed by atoms with E-state index in [-0.39, 0.29) is 11.5 Å². The Hall–Kier alpha value is -1.62. The number of hydrogen-bond donors (Lipinski definition) is 3. The lowest BCUT2D eigenvalue weighted by molar-refractivity contribution is 0.0948. The van der Waals surface area contributed by atoms with Crippen molar-refractivity contribution in [3.63, 3.8) is 0 Å². The van der Waals surface area contributed by atoms with E-state index >= 15 is 0 Å². The summed E-state index contributed by atoms with van der Waals surface area (Å²) in [5, 5.41) is 6.10. The summed E-state index contributed by atoms with van der Waals surface area (Å²) >= 11 is 0. The monoisotopic (exact) mass is 221 g/mol. The van der Waals surface area contributed by atoms with Crippen molar-refractivity contribution in [3.8, 4) is 0 Å². The van der Waals surface area contributed by atoms with E-state index in [2.05, 4.69) is 15.6 Å². The van der Waals surface area contributed by atoms with Gasteiger partial charge in [-0.25, -0.2) is 0 Å². The first-order valence-electron chi connectivity index (χ1n) is 5.43. The van der Waals surface area contributed by atoms with Gasteiger partial charge in [0.15, 0.2) is 0 Å². The van der Waals surface area contributed by atoms with Crippen LogP contribution in [0.2, 0.25) is 0 Å². The maximum absolute atomic E-state index is 11.7. The molecule has 1 fully saturated rings. The van der Waals surface area contributed by atoms with Crippen LogP contribution >= 0.6 is 0 Å². The van der Waals surface area contributed by atoms with Gasteiger partial charge in [-0.15, -0.1) is 0 Å². The molecule has 5 nitrogen and oxygen atoms in total. The highest BCUT2D eigenvalue weighted by Crippen LogP contribution is 2.05. The number of amides is 1. The van der Waals surface area contributed by atoms with Crippen molar-refractivity contribution >= 4 is 5.91 Å². The molecule has 1 aromatic heterocycles. The summed E-state index contributed by atoms with van der Waals surface area (Å²) in [6, 6.07) is 2.88. The second-order valence-electron chi connectivity index (χ2n) is 4.01. The first-order chi connectivity index (χ1) is 7.75. The molecule has 0 aromatic carbocycles. The maximum atomic E-state index is 11.7. The van der Waals surface area contributed by atoms with E-state index in [1.54, 1.807) is 0 Å². The third-order valence-corrected chi connectivity index (χ3v) is 2.76. The predicted octanol–water partition coefficient (Wildman–Crippen LogP) is -0.286. The molecule has 16 heavy (non-hydrogen) atoms. The number of carbonyl (C=O) groups excluding carboxylic acids is 1. The standard InChI is InChI=1S/C11H15N3O2/c15-10-2-1-9(7-13-10)11(16)14-6-8-3-4-12-5-8/h1-2,7-8,12H,3-6H2,(H,13,15)(H,14,16). The van der Waals surface area contributed by atoms with Crippen LogP contribution < -0.4 is 16.2 Å². The Balaban J connectivity index is 1.87. The van der Waals surface area contributed by atoms with E-state index in [0.29, 0.717) is 18.0 Å². The number of pyridine rings is 1. The Kier molecular flexibility index (Phi) is 3.36. The van der Waals surface area contributed by atoms with Gasteiger partial charge in [-0.05, 0) is 31.5 Å². The van der Waals surface area contributed by atoms with Gasteiger partial charge in [0.2, 0.25) is 5.56 Å². The Labute approximate surface area is 93.3 Å². The molecule has 5 heteroatoms. The lowest BCUT2D eigenvalue weighted by Crippen LogP contribution is -2.30. The minimum Gasteiger partial charge on any atom is -0.352 e. The molecule has 1 aliphatic heterocycles. The summed E-state index contributed by atoms with van der Waals surface area (Å²) in [7, 11) is 0. The van der Waals surface area contributed by atoms with E-state index in [1.807, 2.05) is 0 Å². The Bertz CT molecular complexity index is 401. The molecule has 1 atom stereocenters. The van der Waals surface area contributed by atoms with Crippen molar-refractivity contribution in [1.29, 1.82) is 0 Å². The highest BCUT2D eigenvalue weighted by molar-refractivity contribution is 5.93. The van der Waals surface area contributed by atoms with Gasteiger partial charge in [-0.1, -0.05) is 0 Å². The zero-order chi connectivity index (χ0) is 11.4. The zero-order valence-electron chi connectivity index (χ0n) is 8.95. The third kappa shape index (κ3) is 2.70. The molecular formula is C11H15N3O2. The molecule has 1 unspecified atom stereocenters. The van der Waals surface area contributed by atoms with E-state index in [0.717, 1.165) is 19.5 Å². The van der Waals surface area contributed by atoms with Crippen molar-refractivity contribution in [2.45, 2.75) is 6.42 Å². The van der Waals surface area contributed by atoms with Gasteiger partial charge < -0.3 is 15.6 Å². The molecule has 1 saturated heterocycles. The fraction of sp³-hybridized carbons (Fsp3) is 0.455. The van der Waals surface area contributed by atoms with Crippen molar-refractivity contribution in [3.05, 3.63) is 34.2 Å². The summed E-state index contributed by atoms with van der Waals surface area (Å²) < 4.78 is 0. The Morgan fingerprint density at radius 2 is 2.38 bits per heavy atom. The summed E-state index contributed by atoms with van der Waals surface area (Å²) in [5.41, 5.74) is 0.294. The highest BCUT2D eigenvalue weighted by Gasteiger charge is 2.15. The van der Waals surface area contributed by atoms with Crippen LogP contribution in [0, 0.1) is 5.92 Å². The third-order valence-electron chi connectivity index (χ3n) is 2.76. The maximum Gasteiger partial charge on any atom is 0.252 e. The number of rotatable bonds is 3. The molecule has 1 amide bonds. The number of aromatic amines is 1. The number of H-pyrrole nitrogens is 1. The van der Waals surface area contributed by atoms with Crippen LogP contribution in [0.25, 0.3) is 0 Å². The predicted molar refractivity (Wildman–Crippen MR) is 60.4 cm³/mol. The van der Waals surface area contributed by atoms with Crippen molar-refractivity contribution in [1.82, 2.24) is 15.6 Å². The van der Waals surface area contributed by atoms with Crippen LogP contribution in [-0.2, 0) is 0 Å². The molecule has 1 aliphatic rings. The van der Waals surface area contributed by atoms with Crippen LogP contribution in [-0.4, -0.2) is 30.5 Å². The largest absolute Gasteiger partial charge is 0.352 e. The van der Waals surface area contributed by atoms with E-state index in [9.17, 15) is 9.59 Å². The van der Waals surface area contributed by atoms with Crippen molar-refractivity contribution < 1.29 is 4.79 Å². The van der Waals surface area contributed by atoms with Crippen LogP contribution in [0.15, 0.2) is 23.1 Å². The summed E-state index contributed by atoms with van der Waals surface area (Å²) in [5.74, 6) is 0.384. The van der Waals surface area contributed by atoms with Gasteiger partial charge in [0.1, 0.15) is 0 Å². The van der Waals surface area contributed by atoms with Crippen LogP contribution in [0.3, 0.4) is 0 Å². The van der Waals surface area contributed by atoms with Gasteiger partial charge >= 0.3 is 0 Å². The number of carbonyl (C=O) groups is 1. The van der Waals surface area contributed by atoms with Gasteiger partial charge in [-0.3, -0.25) is 9.59 Å². The number of hydrogen-bond acceptors (Lipinski definition) is 3. The van der Waals surface area contributed by atoms with Gasteiger partial charge in [-0.2, -0.15) is 0 Å². The van der Waals surface area contributed by atoms with Crippen LogP contribution in [0.4, 0.5) is 0 Å². The average molecular weight is 221 g/mol. The summed E-state index contributed by atoms with van der Waals surface area (Å²) in [6.07, 6.45) is 2.54. The summed E-state index contributed by atoms with van der Waals surface area (Å²) in [6.45, 7) is 2.68. The molecule has 3 N–H and O–H groups in total. The first kappa shape index (κ1) is 10.9. The second kappa shape index (κ2) is 4.94. The van der Waals surface area contributed by atoms with Gasteiger partial charge in [0.05, 0.1) is 5.56 Å². The molecular weight excluding hydrogens is 206 g/mol. The molecule has 86 valence electrons. The molecule has 2 rings (SSSR count). The van der Waals surface area contributed by atoms with Crippen molar-refractivity contribution in [2.24, 2.45) is 5.92 Å². The Morgan fingerprint density at radius 1 is 1.50 bits per heavy atom. The zero-order valence-corrected chi connectivity index (χ0v) is 8.95. The molecule has 2 heterocycles. The molecule has 0 bridgehead atoms. The van der Waals surface area contributed by atoms with Crippen LogP contribution in [0.5, 0.6) is 0 Å². The lowest BCUT2D eigenvalue weighted by atomic mass is 10.1. The smallest absolute Gasteiger partial charge is 0.252 e. The molecule has 0 aliphatic carbocycles. The first-order valence-corrected chi connectivity index (χ1v) is 5.43. The fourth-order valence-corrected chi connectivity index (χ4v) is 1.78. The van der Waals surface area contributed by atoms with Gasteiger partial charge in [0.25, 0.3) is 5.91 Å². The second-order valence-corrected chi connectivity index (χ2v) is 4.01. The molecule has 0 saturated carbocycles.